The van der Waals surface area contributed by atoms with Gasteiger partial charge in [-0.25, -0.2) is 4.79 Å². The largest absolute Gasteiger partial charge is 0.350 e. The molecule has 0 radical (unpaired) electrons. The highest BCUT2D eigenvalue weighted by Crippen LogP contribution is 2.23. The zero-order chi connectivity index (χ0) is 18.0. The van der Waals surface area contributed by atoms with Gasteiger partial charge in [0.1, 0.15) is 6.04 Å². The molecule has 1 aromatic rings. The molecule has 0 unspecified atom stereocenters. The molecule has 1 aromatic carbocycles. The standard InChI is InChI=1S/C16H18N4O3S2/c1-25-6-5-12-14(22)20(16(24)18-12)11-4-2-3-10(7-11)9-19-13(21)8-17-15(19)23/h2-4,7,12H,5-6,8-9H2,1H3,(H,17,23)(H,18,24)/t12-/m1/s1. The predicted octanol–water partition coefficient (Wildman–Crippen LogP) is 1.08. The van der Waals surface area contributed by atoms with Gasteiger partial charge < -0.3 is 10.6 Å². The number of nitrogens with one attached hydrogen (secondary N) is 2. The second-order valence-corrected chi connectivity index (χ2v) is 7.14. The van der Waals surface area contributed by atoms with Gasteiger partial charge in [-0.05, 0) is 48.3 Å². The average molecular weight is 378 g/mol. The van der Waals surface area contributed by atoms with Gasteiger partial charge in [-0.3, -0.25) is 19.4 Å². The number of imide groups is 1. The van der Waals surface area contributed by atoms with Gasteiger partial charge in [0.2, 0.25) is 5.91 Å². The number of thioether (sulfide) groups is 1. The molecular formula is C16H18N4O3S2. The van der Waals surface area contributed by atoms with Crippen LogP contribution >= 0.6 is 24.0 Å². The number of hydrogen-bond acceptors (Lipinski definition) is 5. The van der Waals surface area contributed by atoms with E-state index < -0.39 is 6.03 Å². The van der Waals surface area contributed by atoms with Gasteiger partial charge in [-0.15, -0.1) is 0 Å². The van der Waals surface area contributed by atoms with Gasteiger partial charge in [0.25, 0.3) is 5.91 Å². The summed E-state index contributed by atoms with van der Waals surface area (Å²) in [5.74, 6) is 0.527. The lowest BCUT2D eigenvalue weighted by molar-refractivity contribution is -0.125. The van der Waals surface area contributed by atoms with Gasteiger partial charge in [0, 0.05) is 0 Å². The summed E-state index contributed by atoms with van der Waals surface area (Å²) in [5.41, 5.74) is 1.39. The normalized spacial score (nSPS) is 20.3. The lowest BCUT2D eigenvalue weighted by Crippen LogP contribution is -2.32. The molecule has 0 spiro atoms. The Bertz CT molecular complexity index is 724. The molecular weight excluding hydrogens is 360 g/mol. The van der Waals surface area contributed by atoms with Crippen molar-refractivity contribution in [1.82, 2.24) is 15.5 Å². The molecule has 132 valence electrons. The van der Waals surface area contributed by atoms with E-state index in [0.29, 0.717) is 17.2 Å². The molecule has 7 nitrogen and oxygen atoms in total. The Kier molecular flexibility index (Phi) is 5.24. The number of nitrogens with zero attached hydrogens (tertiary/aromatic N) is 2. The van der Waals surface area contributed by atoms with E-state index in [9.17, 15) is 14.4 Å². The number of thiocarbonyl (C=S) groups is 1. The highest BCUT2D eigenvalue weighted by atomic mass is 32.2. The topological polar surface area (TPSA) is 81.8 Å². The summed E-state index contributed by atoms with van der Waals surface area (Å²) in [4.78, 5) is 38.7. The third-order valence-corrected chi connectivity index (χ3v) is 5.02. The van der Waals surface area contributed by atoms with Crippen LogP contribution in [0.2, 0.25) is 0 Å². The summed E-state index contributed by atoms with van der Waals surface area (Å²) in [6, 6.07) is 6.45. The third kappa shape index (κ3) is 3.62. The maximum atomic E-state index is 12.6. The lowest BCUT2D eigenvalue weighted by atomic mass is 10.1. The summed E-state index contributed by atoms with van der Waals surface area (Å²) in [5, 5.41) is 5.93. The van der Waals surface area contributed by atoms with E-state index in [1.165, 1.54) is 4.90 Å². The number of amides is 4. The second-order valence-electron chi connectivity index (χ2n) is 5.77. The molecule has 9 heteroatoms. The number of benzene rings is 1. The number of carbonyl (C=O) groups excluding carboxylic acids is 3. The highest BCUT2D eigenvalue weighted by molar-refractivity contribution is 7.98. The molecule has 0 saturated carbocycles. The summed E-state index contributed by atoms with van der Waals surface area (Å²) in [6.45, 7) is 0.185. The molecule has 2 fully saturated rings. The maximum absolute atomic E-state index is 12.6. The van der Waals surface area contributed by atoms with Crippen molar-refractivity contribution < 1.29 is 14.4 Å². The van der Waals surface area contributed by atoms with E-state index in [0.717, 1.165) is 16.2 Å². The summed E-state index contributed by atoms with van der Waals surface area (Å²) in [6.07, 6.45) is 2.70. The first-order valence-corrected chi connectivity index (χ1v) is 9.62. The van der Waals surface area contributed by atoms with Gasteiger partial charge >= 0.3 is 6.03 Å². The first-order valence-electron chi connectivity index (χ1n) is 7.82. The molecule has 0 bridgehead atoms. The SMILES string of the molecule is CSCC[C@H]1NC(=S)N(c2cccc(CN3C(=O)CNC3=O)c2)C1=O. The molecule has 2 aliphatic heterocycles. The van der Waals surface area contributed by atoms with E-state index >= 15 is 0 Å². The summed E-state index contributed by atoms with van der Waals surface area (Å²) < 4.78 is 0. The summed E-state index contributed by atoms with van der Waals surface area (Å²) in [7, 11) is 0. The van der Waals surface area contributed by atoms with Crippen LogP contribution in [0.4, 0.5) is 10.5 Å². The zero-order valence-corrected chi connectivity index (χ0v) is 15.3. The molecule has 0 aromatic heterocycles. The van der Waals surface area contributed by atoms with E-state index in [2.05, 4.69) is 10.6 Å². The van der Waals surface area contributed by atoms with Crippen LogP contribution in [0.1, 0.15) is 12.0 Å². The van der Waals surface area contributed by atoms with Crippen molar-refractivity contribution in [2.45, 2.75) is 19.0 Å². The van der Waals surface area contributed by atoms with E-state index in [1.54, 1.807) is 30.0 Å². The van der Waals surface area contributed by atoms with Crippen LogP contribution in [-0.2, 0) is 16.1 Å². The zero-order valence-electron chi connectivity index (χ0n) is 13.7. The van der Waals surface area contributed by atoms with Crippen molar-refractivity contribution in [1.29, 1.82) is 0 Å². The molecule has 25 heavy (non-hydrogen) atoms. The Balaban J connectivity index is 1.77. The van der Waals surface area contributed by atoms with Crippen LogP contribution in [0.25, 0.3) is 0 Å². The van der Waals surface area contributed by atoms with Gasteiger partial charge in [0.05, 0.1) is 18.8 Å². The van der Waals surface area contributed by atoms with E-state index in [-0.39, 0.29) is 30.9 Å². The van der Waals surface area contributed by atoms with Crippen LogP contribution in [0.3, 0.4) is 0 Å². The molecule has 2 heterocycles. The number of urea groups is 1. The molecule has 2 saturated heterocycles. The van der Waals surface area contributed by atoms with Crippen LogP contribution in [-0.4, -0.2) is 52.5 Å². The van der Waals surface area contributed by atoms with Gasteiger partial charge in [-0.2, -0.15) is 11.8 Å². The molecule has 0 aliphatic carbocycles. The highest BCUT2D eigenvalue weighted by Gasteiger charge is 2.36. The van der Waals surface area contributed by atoms with Crippen molar-refractivity contribution >= 4 is 52.6 Å². The third-order valence-electron chi connectivity index (χ3n) is 4.08. The van der Waals surface area contributed by atoms with Gasteiger partial charge in [0.15, 0.2) is 5.11 Å². The first kappa shape index (κ1) is 17.7. The number of carbonyl (C=O) groups is 3. The van der Waals surface area contributed by atoms with Crippen molar-refractivity contribution in [3.63, 3.8) is 0 Å². The Morgan fingerprint density at radius 2 is 2.12 bits per heavy atom. The molecule has 3 rings (SSSR count). The fourth-order valence-corrected chi connectivity index (χ4v) is 3.61. The quantitative estimate of drug-likeness (QED) is 0.570. The van der Waals surface area contributed by atoms with Crippen molar-refractivity contribution in [2.75, 3.05) is 23.5 Å². The van der Waals surface area contributed by atoms with Crippen LogP contribution in [0.15, 0.2) is 24.3 Å². The molecule has 4 amide bonds. The first-order chi connectivity index (χ1) is 12.0. The minimum absolute atomic E-state index is 0.0221. The van der Waals surface area contributed by atoms with Crippen molar-refractivity contribution in [3.8, 4) is 0 Å². The van der Waals surface area contributed by atoms with Crippen LogP contribution in [0.5, 0.6) is 0 Å². The monoisotopic (exact) mass is 378 g/mol. The van der Waals surface area contributed by atoms with E-state index in [1.807, 2.05) is 12.3 Å². The Labute approximate surface area is 155 Å². The number of anilines is 1. The fourth-order valence-electron chi connectivity index (χ4n) is 2.80. The minimum Gasteiger partial charge on any atom is -0.350 e. The molecule has 1 atom stereocenters. The Morgan fingerprint density at radius 1 is 1.32 bits per heavy atom. The minimum atomic E-state index is -0.401. The van der Waals surface area contributed by atoms with Crippen molar-refractivity contribution in [3.05, 3.63) is 29.8 Å². The summed E-state index contributed by atoms with van der Waals surface area (Å²) >= 11 is 6.99. The van der Waals surface area contributed by atoms with Crippen LogP contribution in [0, 0.1) is 0 Å². The smallest absolute Gasteiger partial charge is 0.324 e. The van der Waals surface area contributed by atoms with Crippen molar-refractivity contribution in [2.24, 2.45) is 0 Å². The van der Waals surface area contributed by atoms with Gasteiger partial charge in [-0.1, -0.05) is 12.1 Å². The fraction of sp³-hybridized carbons (Fsp3) is 0.375. The lowest BCUT2D eigenvalue weighted by Gasteiger charge is -2.17. The molecule has 2 N–H and O–H groups in total. The second kappa shape index (κ2) is 7.40. The maximum Gasteiger partial charge on any atom is 0.324 e. The predicted molar refractivity (Wildman–Crippen MR) is 100 cm³/mol. The van der Waals surface area contributed by atoms with E-state index in [4.69, 9.17) is 12.2 Å². The van der Waals surface area contributed by atoms with Crippen LogP contribution < -0.4 is 15.5 Å². The number of hydrogen-bond donors (Lipinski definition) is 2. The Hall–Kier alpha value is -2.13. The average Bonchev–Trinajstić information content (AvgIpc) is 3.06. The number of rotatable bonds is 6. The molecule has 2 aliphatic rings. The Morgan fingerprint density at radius 3 is 2.80 bits per heavy atom.